The molecule has 1 aliphatic carbocycles. The third-order valence-corrected chi connectivity index (χ3v) is 6.34. The van der Waals surface area contributed by atoms with Gasteiger partial charge in [-0.2, -0.15) is 5.10 Å². The minimum absolute atomic E-state index is 0.138. The first-order chi connectivity index (χ1) is 18.2. The molecule has 1 aromatic heterocycles. The first kappa shape index (κ1) is 26.5. The number of hydrogen-bond donors (Lipinski definition) is 3. The Morgan fingerprint density at radius 2 is 1.84 bits per heavy atom. The van der Waals surface area contributed by atoms with Crippen molar-refractivity contribution in [3.8, 4) is 28.4 Å². The highest BCUT2D eigenvalue weighted by atomic mass is 16.5. The van der Waals surface area contributed by atoms with Crippen LogP contribution in [0.1, 0.15) is 30.5 Å². The second-order valence-corrected chi connectivity index (χ2v) is 8.87. The number of hydrogen-bond acceptors (Lipinski definition) is 8. The molecule has 1 atom stereocenters. The van der Waals surface area contributed by atoms with Crippen molar-refractivity contribution < 1.29 is 23.8 Å². The lowest BCUT2D eigenvalue weighted by Gasteiger charge is -2.19. The zero-order valence-electron chi connectivity index (χ0n) is 22.0. The van der Waals surface area contributed by atoms with Crippen molar-refractivity contribution >= 4 is 23.3 Å². The van der Waals surface area contributed by atoms with E-state index in [4.69, 9.17) is 14.2 Å². The smallest absolute Gasteiger partial charge is 0.244 e. The molecule has 1 aliphatic rings. The highest BCUT2D eigenvalue weighted by molar-refractivity contribution is 5.93. The molecule has 2 amide bonds. The molecule has 3 N–H and O–H groups in total. The predicted molar refractivity (Wildman–Crippen MR) is 143 cm³/mol. The van der Waals surface area contributed by atoms with Crippen molar-refractivity contribution in [2.75, 3.05) is 38.5 Å². The molecule has 1 unspecified atom stereocenters. The number of rotatable bonds is 8. The van der Waals surface area contributed by atoms with E-state index in [0.29, 0.717) is 47.0 Å². The largest absolute Gasteiger partial charge is 0.493 e. The summed E-state index contributed by atoms with van der Waals surface area (Å²) in [5, 5.41) is 12.7. The van der Waals surface area contributed by atoms with Crippen molar-refractivity contribution in [2.45, 2.75) is 25.8 Å². The molecule has 11 nitrogen and oxygen atoms in total. The number of carbonyl (C=O) groups is 2. The number of aryl methyl sites for hydroxylation is 2. The van der Waals surface area contributed by atoms with Gasteiger partial charge >= 0.3 is 0 Å². The summed E-state index contributed by atoms with van der Waals surface area (Å²) < 4.78 is 18.5. The fourth-order valence-corrected chi connectivity index (χ4v) is 4.70. The summed E-state index contributed by atoms with van der Waals surface area (Å²) in [6.07, 6.45) is 2.87. The molecule has 4 rings (SSSR count). The zero-order valence-corrected chi connectivity index (χ0v) is 22.0. The van der Waals surface area contributed by atoms with Crippen LogP contribution in [0, 0.1) is 0 Å². The van der Waals surface area contributed by atoms with Crippen molar-refractivity contribution in [3.05, 3.63) is 57.9 Å². The number of anilines is 2. The molecule has 0 radical (unpaired) electrons. The molecule has 3 aromatic rings. The summed E-state index contributed by atoms with van der Waals surface area (Å²) in [5.41, 5.74) is 2.93. The van der Waals surface area contributed by atoms with Crippen molar-refractivity contribution in [3.63, 3.8) is 0 Å². The van der Waals surface area contributed by atoms with Crippen LogP contribution < -0.4 is 35.6 Å². The lowest BCUT2D eigenvalue weighted by Crippen LogP contribution is -2.27. The quantitative estimate of drug-likeness (QED) is 0.412. The number of carbonyl (C=O) groups excluding carboxylic acids is 2. The van der Waals surface area contributed by atoms with Crippen LogP contribution in [-0.4, -0.2) is 49.5 Å². The molecule has 38 heavy (non-hydrogen) atoms. The van der Waals surface area contributed by atoms with Crippen LogP contribution >= 0.6 is 0 Å². The van der Waals surface area contributed by atoms with Crippen LogP contribution in [0.5, 0.6) is 17.2 Å². The molecule has 2 aromatic carbocycles. The molecule has 0 aliphatic heterocycles. The molecule has 0 bridgehead atoms. The average Bonchev–Trinajstić information content (AvgIpc) is 3.15. The number of nitrogens with one attached hydrogen (secondary N) is 3. The maximum absolute atomic E-state index is 13.3. The third-order valence-electron chi connectivity index (χ3n) is 6.34. The van der Waals surface area contributed by atoms with Crippen molar-refractivity contribution in [1.82, 2.24) is 15.1 Å². The van der Waals surface area contributed by atoms with Crippen molar-refractivity contribution in [2.24, 2.45) is 7.05 Å². The van der Waals surface area contributed by atoms with E-state index in [1.165, 1.54) is 20.1 Å². The Hall–Kier alpha value is -4.54. The van der Waals surface area contributed by atoms with Crippen LogP contribution in [0.2, 0.25) is 0 Å². The standard InChI is InChI=1S/C27H31N5O6/c1-15(33)29-19-8-6-16-12-22(36-3)26(37-4)27(38-5)25(16)17-7-9-20(21(34)13-18(17)19)28-14-24(35)30-23-10-11-32(2)31-23/h7,9-13,19H,6,8,14H2,1-5H3,(H,28,34)(H,29,33)(H,30,31,35). The number of fused-ring (bicyclic) bond motifs is 3. The van der Waals surface area contributed by atoms with E-state index in [1.807, 2.05) is 6.07 Å². The molecule has 1 heterocycles. The lowest BCUT2D eigenvalue weighted by atomic mass is 9.95. The Bertz CT molecular complexity index is 1430. The average molecular weight is 522 g/mol. The molecule has 0 saturated heterocycles. The van der Waals surface area contributed by atoms with Gasteiger partial charge in [0.25, 0.3) is 0 Å². The number of amides is 2. The van der Waals surface area contributed by atoms with E-state index < -0.39 is 6.04 Å². The van der Waals surface area contributed by atoms with Gasteiger partial charge in [-0.05, 0) is 47.7 Å². The Morgan fingerprint density at radius 1 is 1.08 bits per heavy atom. The minimum atomic E-state index is -0.419. The van der Waals surface area contributed by atoms with E-state index >= 15 is 0 Å². The molecule has 0 spiro atoms. The molecular weight excluding hydrogens is 490 g/mol. The minimum Gasteiger partial charge on any atom is -0.493 e. The topological polar surface area (TPSA) is 133 Å². The number of nitrogens with zero attached hydrogens (tertiary/aromatic N) is 2. The Kier molecular flexibility index (Phi) is 7.85. The lowest BCUT2D eigenvalue weighted by molar-refractivity contribution is -0.119. The van der Waals surface area contributed by atoms with E-state index in [2.05, 4.69) is 21.0 Å². The summed E-state index contributed by atoms with van der Waals surface area (Å²) in [4.78, 5) is 37.8. The summed E-state index contributed by atoms with van der Waals surface area (Å²) in [7, 11) is 6.38. The summed E-state index contributed by atoms with van der Waals surface area (Å²) >= 11 is 0. The predicted octanol–water partition coefficient (Wildman–Crippen LogP) is 2.65. The van der Waals surface area contributed by atoms with Crippen LogP contribution in [0.15, 0.2) is 41.3 Å². The normalized spacial score (nSPS) is 13.9. The second-order valence-electron chi connectivity index (χ2n) is 8.87. The number of benzene rings is 1. The van der Waals surface area contributed by atoms with Gasteiger partial charge in [0.1, 0.15) is 0 Å². The highest BCUT2D eigenvalue weighted by Gasteiger charge is 2.29. The van der Waals surface area contributed by atoms with Crippen molar-refractivity contribution in [1.29, 1.82) is 0 Å². The zero-order chi connectivity index (χ0) is 27.4. The Balaban J connectivity index is 1.79. The molecule has 0 saturated carbocycles. The van der Waals surface area contributed by atoms with Gasteiger partial charge in [0.2, 0.25) is 23.0 Å². The van der Waals surface area contributed by atoms with Gasteiger partial charge in [0.05, 0.1) is 39.6 Å². The van der Waals surface area contributed by atoms with Gasteiger partial charge in [0, 0.05) is 31.8 Å². The van der Waals surface area contributed by atoms with E-state index in [0.717, 1.165) is 11.1 Å². The maximum atomic E-state index is 13.3. The van der Waals surface area contributed by atoms with E-state index in [9.17, 15) is 14.4 Å². The monoisotopic (exact) mass is 521 g/mol. The third kappa shape index (κ3) is 5.41. The summed E-state index contributed by atoms with van der Waals surface area (Å²) in [6.45, 7) is 1.30. The second kappa shape index (κ2) is 11.2. The van der Waals surface area contributed by atoms with Crippen LogP contribution in [0.3, 0.4) is 0 Å². The van der Waals surface area contributed by atoms with Gasteiger partial charge in [-0.3, -0.25) is 19.1 Å². The molecule has 200 valence electrons. The van der Waals surface area contributed by atoms with Gasteiger partial charge in [-0.25, -0.2) is 0 Å². The number of aromatic nitrogens is 2. The first-order valence-corrected chi connectivity index (χ1v) is 12.1. The van der Waals surface area contributed by atoms with Gasteiger partial charge < -0.3 is 30.2 Å². The Morgan fingerprint density at radius 3 is 2.47 bits per heavy atom. The fraction of sp³-hybridized carbons (Fsp3) is 0.333. The first-order valence-electron chi connectivity index (χ1n) is 12.1. The summed E-state index contributed by atoms with van der Waals surface area (Å²) in [5.74, 6) is 1.27. The molecular formula is C27H31N5O6. The van der Waals surface area contributed by atoms with Crippen LogP contribution in [0.25, 0.3) is 11.1 Å². The maximum Gasteiger partial charge on any atom is 0.244 e. The van der Waals surface area contributed by atoms with E-state index in [1.54, 1.807) is 50.3 Å². The van der Waals surface area contributed by atoms with Crippen LogP contribution in [0.4, 0.5) is 11.5 Å². The fourth-order valence-electron chi connectivity index (χ4n) is 4.70. The SMILES string of the molecule is COc1cc2c(c(OC)c1OC)-c1ccc(NCC(=O)Nc3ccn(C)n3)c(=O)cc1C(NC(C)=O)CC2. The highest BCUT2D eigenvalue weighted by Crippen LogP contribution is 2.50. The summed E-state index contributed by atoms with van der Waals surface area (Å²) in [6, 6.07) is 8.07. The molecule has 11 heteroatoms. The van der Waals surface area contributed by atoms with Gasteiger partial charge in [-0.1, -0.05) is 6.07 Å². The van der Waals surface area contributed by atoms with Gasteiger partial charge in [0.15, 0.2) is 17.3 Å². The van der Waals surface area contributed by atoms with E-state index in [-0.39, 0.29) is 29.5 Å². The molecule has 0 fully saturated rings. The number of ether oxygens (including phenoxy) is 3. The number of methoxy groups -OCH3 is 3. The van der Waals surface area contributed by atoms with Crippen LogP contribution in [-0.2, 0) is 23.1 Å². The van der Waals surface area contributed by atoms with Gasteiger partial charge in [-0.15, -0.1) is 0 Å². The Labute approximate surface area is 220 Å².